The predicted molar refractivity (Wildman–Crippen MR) is 114 cm³/mol. The molecule has 0 aromatic heterocycles. The Bertz CT molecular complexity index is 814. The fraction of sp³-hybridized carbons (Fsp3) is 0.409. The van der Waals surface area contributed by atoms with Crippen molar-refractivity contribution >= 4 is 11.8 Å². The molecule has 0 bridgehead atoms. The van der Waals surface area contributed by atoms with Crippen molar-refractivity contribution in [3.63, 3.8) is 0 Å². The highest BCUT2D eigenvalue weighted by atomic mass is 16.6. The molecule has 0 atom stereocenters. The van der Waals surface area contributed by atoms with E-state index >= 15 is 0 Å². The van der Waals surface area contributed by atoms with E-state index in [-0.39, 0.29) is 18.8 Å². The summed E-state index contributed by atoms with van der Waals surface area (Å²) in [5.41, 5.74) is 6.75. The Morgan fingerprint density at radius 2 is 1.83 bits per heavy atom. The van der Waals surface area contributed by atoms with E-state index in [0.29, 0.717) is 24.4 Å². The second-order valence-corrected chi connectivity index (χ2v) is 6.92. The SMILES string of the molecule is COc1ccc([N+](=O)[O-])c(CN(CCCCCCN)C(=O)OCc2ccccc2)c1. The standard InChI is InChI=1S/C22H29N3O5/c1-29-20-11-12-21(25(27)28)19(15-20)16-24(14-8-3-2-7-13-23)22(26)30-17-18-9-5-4-6-10-18/h4-6,9-12,15H,2-3,7-8,13-14,16-17,23H2,1H3. The van der Waals surface area contributed by atoms with Crippen LogP contribution in [0.25, 0.3) is 0 Å². The molecule has 0 radical (unpaired) electrons. The van der Waals surface area contributed by atoms with Crippen LogP contribution in [0.5, 0.6) is 5.75 Å². The minimum absolute atomic E-state index is 0.0557. The van der Waals surface area contributed by atoms with Gasteiger partial charge in [-0.15, -0.1) is 0 Å². The lowest BCUT2D eigenvalue weighted by Crippen LogP contribution is -2.32. The van der Waals surface area contributed by atoms with Crippen molar-refractivity contribution in [3.05, 3.63) is 69.8 Å². The molecule has 2 N–H and O–H groups in total. The molecular weight excluding hydrogens is 386 g/mol. The Morgan fingerprint density at radius 3 is 2.50 bits per heavy atom. The first-order valence-corrected chi connectivity index (χ1v) is 10.0. The van der Waals surface area contributed by atoms with E-state index in [1.54, 1.807) is 6.07 Å². The van der Waals surface area contributed by atoms with E-state index in [9.17, 15) is 14.9 Å². The van der Waals surface area contributed by atoms with Crippen molar-refractivity contribution in [3.8, 4) is 5.75 Å². The van der Waals surface area contributed by atoms with Gasteiger partial charge in [0.1, 0.15) is 12.4 Å². The van der Waals surface area contributed by atoms with Crippen LogP contribution >= 0.6 is 0 Å². The molecule has 0 heterocycles. The molecule has 2 aromatic rings. The van der Waals surface area contributed by atoms with Crippen molar-refractivity contribution < 1.29 is 19.2 Å². The summed E-state index contributed by atoms with van der Waals surface area (Å²) in [6.45, 7) is 1.28. The third-order valence-corrected chi connectivity index (χ3v) is 4.69. The molecule has 0 fully saturated rings. The lowest BCUT2D eigenvalue weighted by molar-refractivity contribution is -0.385. The topological polar surface area (TPSA) is 108 Å². The van der Waals surface area contributed by atoms with Crippen LogP contribution < -0.4 is 10.5 Å². The summed E-state index contributed by atoms with van der Waals surface area (Å²) in [6.07, 6.45) is 3.08. The number of benzene rings is 2. The van der Waals surface area contributed by atoms with Gasteiger partial charge in [0.25, 0.3) is 5.69 Å². The highest BCUT2D eigenvalue weighted by Gasteiger charge is 2.22. The molecule has 0 aliphatic carbocycles. The number of amides is 1. The summed E-state index contributed by atoms with van der Waals surface area (Å²) >= 11 is 0. The fourth-order valence-corrected chi connectivity index (χ4v) is 3.05. The third kappa shape index (κ3) is 7.36. The smallest absolute Gasteiger partial charge is 0.410 e. The van der Waals surface area contributed by atoms with Gasteiger partial charge in [-0.25, -0.2) is 4.79 Å². The first kappa shape index (κ1) is 23.2. The number of hydrogen-bond acceptors (Lipinski definition) is 6. The Labute approximate surface area is 176 Å². The van der Waals surface area contributed by atoms with Crippen LogP contribution in [0.3, 0.4) is 0 Å². The van der Waals surface area contributed by atoms with Gasteiger partial charge in [-0.3, -0.25) is 10.1 Å². The summed E-state index contributed by atoms with van der Waals surface area (Å²) in [7, 11) is 1.49. The maximum Gasteiger partial charge on any atom is 0.410 e. The van der Waals surface area contributed by atoms with Crippen LogP contribution in [0.1, 0.15) is 36.8 Å². The van der Waals surface area contributed by atoms with E-state index in [4.69, 9.17) is 15.2 Å². The normalized spacial score (nSPS) is 10.5. The second-order valence-electron chi connectivity index (χ2n) is 6.92. The molecule has 0 aliphatic heterocycles. The van der Waals surface area contributed by atoms with E-state index < -0.39 is 11.0 Å². The van der Waals surface area contributed by atoms with Crippen LogP contribution in [0.15, 0.2) is 48.5 Å². The Hall–Kier alpha value is -3.13. The average molecular weight is 415 g/mol. The zero-order valence-electron chi connectivity index (χ0n) is 17.3. The zero-order chi connectivity index (χ0) is 21.8. The van der Waals surface area contributed by atoms with Crippen LogP contribution in [-0.2, 0) is 17.9 Å². The van der Waals surface area contributed by atoms with Gasteiger partial charge in [0.05, 0.1) is 24.1 Å². The molecule has 8 nitrogen and oxygen atoms in total. The number of unbranched alkanes of at least 4 members (excludes halogenated alkanes) is 3. The molecule has 0 saturated heterocycles. The molecule has 0 saturated carbocycles. The largest absolute Gasteiger partial charge is 0.497 e. The highest BCUT2D eigenvalue weighted by Crippen LogP contribution is 2.26. The minimum Gasteiger partial charge on any atom is -0.497 e. The van der Waals surface area contributed by atoms with Crippen LogP contribution in [-0.4, -0.2) is 36.1 Å². The van der Waals surface area contributed by atoms with E-state index in [1.807, 2.05) is 30.3 Å². The Morgan fingerprint density at radius 1 is 1.10 bits per heavy atom. The molecule has 0 unspecified atom stereocenters. The molecule has 0 spiro atoms. The number of hydrogen-bond donors (Lipinski definition) is 1. The summed E-state index contributed by atoms with van der Waals surface area (Å²) in [6, 6.07) is 13.9. The summed E-state index contributed by atoms with van der Waals surface area (Å²) < 4.78 is 10.7. The van der Waals surface area contributed by atoms with E-state index in [2.05, 4.69) is 0 Å². The van der Waals surface area contributed by atoms with Gasteiger partial charge in [0.15, 0.2) is 0 Å². The van der Waals surface area contributed by atoms with Gasteiger partial charge in [0.2, 0.25) is 0 Å². The zero-order valence-corrected chi connectivity index (χ0v) is 17.3. The molecule has 162 valence electrons. The molecule has 0 aliphatic rings. The number of nitrogens with zero attached hydrogens (tertiary/aromatic N) is 2. The number of nitro benzene ring substituents is 1. The Balaban J connectivity index is 2.12. The number of carbonyl (C=O) groups is 1. The number of ether oxygens (including phenoxy) is 2. The van der Waals surface area contributed by atoms with Crippen molar-refractivity contribution in [2.45, 2.75) is 38.8 Å². The molecule has 1 amide bonds. The first-order chi connectivity index (χ1) is 14.5. The Kier molecular flexibility index (Phi) is 9.60. The van der Waals surface area contributed by atoms with Gasteiger partial charge in [-0.1, -0.05) is 43.2 Å². The minimum atomic E-state index is -0.505. The van der Waals surface area contributed by atoms with Crippen LogP contribution in [0.4, 0.5) is 10.5 Å². The molecule has 30 heavy (non-hydrogen) atoms. The van der Waals surface area contributed by atoms with Gasteiger partial charge in [0, 0.05) is 12.6 Å². The number of rotatable bonds is 12. The van der Waals surface area contributed by atoms with Crippen LogP contribution in [0.2, 0.25) is 0 Å². The number of nitrogens with two attached hydrogens (primary N) is 1. The second kappa shape index (κ2) is 12.4. The van der Waals surface area contributed by atoms with Gasteiger partial charge in [-0.05, 0) is 37.1 Å². The monoisotopic (exact) mass is 415 g/mol. The number of nitro groups is 1. The van der Waals surface area contributed by atoms with Crippen LogP contribution in [0, 0.1) is 10.1 Å². The maximum absolute atomic E-state index is 12.8. The predicted octanol–water partition coefficient (Wildman–Crippen LogP) is 4.26. The molecule has 2 rings (SSSR count). The number of methoxy groups -OCH3 is 1. The van der Waals surface area contributed by atoms with Crippen molar-refractivity contribution in [2.75, 3.05) is 20.2 Å². The van der Waals surface area contributed by atoms with Crippen molar-refractivity contribution in [1.82, 2.24) is 4.90 Å². The lowest BCUT2D eigenvalue weighted by Gasteiger charge is -2.22. The average Bonchev–Trinajstić information content (AvgIpc) is 2.76. The first-order valence-electron chi connectivity index (χ1n) is 10.0. The van der Waals surface area contributed by atoms with Crippen molar-refractivity contribution in [1.29, 1.82) is 0 Å². The highest BCUT2D eigenvalue weighted by molar-refractivity contribution is 5.68. The molecular formula is C22H29N3O5. The molecule has 2 aromatic carbocycles. The quantitative estimate of drug-likeness (QED) is 0.315. The molecule has 8 heteroatoms. The summed E-state index contributed by atoms with van der Waals surface area (Å²) in [4.78, 5) is 25.2. The van der Waals surface area contributed by atoms with Crippen molar-refractivity contribution in [2.24, 2.45) is 5.73 Å². The van der Waals surface area contributed by atoms with Gasteiger partial charge >= 0.3 is 6.09 Å². The maximum atomic E-state index is 12.8. The lowest BCUT2D eigenvalue weighted by atomic mass is 10.1. The summed E-state index contributed by atoms with van der Waals surface area (Å²) in [5, 5.41) is 11.4. The van der Waals surface area contributed by atoms with E-state index in [0.717, 1.165) is 31.2 Å². The van der Waals surface area contributed by atoms with Gasteiger partial charge in [-0.2, -0.15) is 0 Å². The third-order valence-electron chi connectivity index (χ3n) is 4.69. The summed E-state index contributed by atoms with van der Waals surface area (Å²) in [5.74, 6) is 0.496. The van der Waals surface area contributed by atoms with Gasteiger partial charge < -0.3 is 20.1 Å². The fourth-order valence-electron chi connectivity index (χ4n) is 3.05. The number of carbonyl (C=O) groups excluding carboxylic acids is 1. The van der Waals surface area contributed by atoms with E-state index in [1.165, 1.54) is 24.1 Å².